The van der Waals surface area contributed by atoms with E-state index in [4.69, 9.17) is 0 Å². The minimum atomic E-state index is -3.95. The standard InChI is InChI=1S/C23H27N3O4S3/c1-17-8-7-11-20(23(17)26-15-14-19(16-26)18-9-5-4-6-10-18)24-32(27,28)21-12-13-22(31-21)33(29,30)25(2)3/h4-13,19,24H,14-16H2,1-3H3. The lowest BCUT2D eigenvalue weighted by Gasteiger charge is -2.25. The van der Waals surface area contributed by atoms with Gasteiger partial charge in [0.05, 0.1) is 11.4 Å². The average molecular weight is 506 g/mol. The molecule has 0 radical (unpaired) electrons. The normalized spacial score (nSPS) is 17.0. The van der Waals surface area contributed by atoms with Crippen molar-refractivity contribution < 1.29 is 16.8 Å². The van der Waals surface area contributed by atoms with Gasteiger partial charge in [-0.15, -0.1) is 11.3 Å². The fraction of sp³-hybridized carbons (Fsp3) is 0.304. The molecule has 33 heavy (non-hydrogen) atoms. The van der Waals surface area contributed by atoms with Crippen molar-refractivity contribution in [3.05, 3.63) is 71.8 Å². The summed E-state index contributed by atoms with van der Waals surface area (Å²) in [7, 11) is -4.82. The van der Waals surface area contributed by atoms with Gasteiger partial charge >= 0.3 is 0 Å². The molecule has 1 atom stereocenters. The fourth-order valence-corrected chi connectivity index (χ4v) is 8.08. The van der Waals surface area contributed by atoms with Crippen LogP contribution in [0.25, 0.3) is 0 Å². The molecule has 1 aliphatic heterocycles. The van der Waals surface area contributed by atoms with E-state index in [1.165, 1.54) is 31.8 Å². The number of sulfonamides is 2. The lowest BCUT2D eigenvalue weighted by atomic mass is 9.99. The van der Waals surface area contributed by atoms with Crippen molar-refractivity contribution in [3.8, 4) is 0 Å². The molecule has 1 fully saturated rings. The van der Waals surface area contributed by atoms with Crippen molar-refractivity contribution in [2.24, 2.45) is 0 Å². The second kappa shape index (κ2) is 9.09. The van der Waals surface area contributed by atoms with Crippen LogP contribution in [0.4, 0.5) is 11.4 Å². The van der Waals surface area contributed by atoms with Gasteiger partial charge in [-0.3, -0.25) is 4.72 Å². The lowest BCUT2D eigenvalue weighted by Crippen LogP contribution is -2.23. The van der Waals surface area contributed by atoms with Gasteiger partial charge in [0.15, 0.2) is 0 Å². The van der Waals surface area contributed by atoms with E-state index in [-0.39, 0.29) is 8.42 Å². The topological polar surface area (TPSA) is 86.8 Å². The second-order valence-electron chi connectivity index (χ2n) is 8.28. The van der Waals surface area contributed by atoms with E-state index in [0.717, 1.165) is 46.4 Å². The number of thiophene rings is 1. The summed E-state index contributed by atoms with van der Waals surface area (Å²) in [5.74, 6) is 0.381. The molecule has 176 valence electrons. The van der Waals surface area contributed by atoms with Crippen LogP contribution in [0, 0.1) is 6.92 Å². The molecule has 0 amide bonds. The zero-order valence-corrected chi connectivity index (χ0v) is 21.2. The lowest BCUT2D eigenvalue weighted by molar-refractivity contribution is 0.523. The van der Waals surface area contributed by atoms with Crippen LogP contribution in [0.1, 0.15) is 23.5 Å². The SMILES string of the molecule is Cc1cccc(NS(=O)(=O)c2ccc(S(=O)(=O)N(C)C)s2)c1N1CCC(c2ccccc2)C1. The molecule has 1 unspecified atom stereocenters. The molecule has 1 aliphatic rings. The van der Waals surface area contributed by atoms with Gasteiger partial charge in [0.1, 0.15) is 8.42 Å². The van der Waals surface area contributed by atoms with E-state index in [9.17, 15) is 16.8 Å². The Morgan fingerprint density at radius 3 is 2.33 bits per heavy atom. The number of anilines is 2. The number of benzene rings is 2. The van der Waals surface area contributed by atoms with Crippen LogP contribution < -0.4 is 9.62 Å². The van der Waals surface area contributed by atoms with E-state index in [1.807, 2.05) is 37.3 Å². The van der Waals surface area contributed by atoms with Gasteiger partial charge in [-0.1, -0.05) is 42.5 Å². The maximum atomic E-state index is 13.1. The van der Waals surface area contributed by atoms with E-state index >= 15 is 0 Å². The molecule has 3 aromatic rings. The molecule has 1 saturated heterocycles. The first kappa shape index (κ1) is 23.7. The summed E-state index contributed by atoms with van der Waals surface area (Å²) < 4.78 is 54.7. The van der Waals surface area contributed by atoms with Gasteiger partial charge in [-0.2, -0.15) is 0 Å². The summed E-state index contributed by atoms with van der Waals surface area (Å²) in [6.45, 7) is 3.59. The van der Waals surface area contributed by atoms with Crippen LogP contribution in [-0.4, -0.2) is 48.3 Å². The highest BCUT2D eigenvalue weighted by molar-refractivity contribution is 7.96. The van der Waals surface area contributed by atoms with Gasteiger partial charge in [-0.05, 0) is 42.7 Å². The first-order valence-electron chi connectivity index (χ1n) is 10.5. The number of nitrogens with one attached hydrogen (secondary N) is 1. The van der Waals surface area contributed by atoms with E-state index in [1.54, 1.807) is 6.07 Å². The summed E-state index contributed by atoms with van der Waals surface area (Å²) in [6, 6.07) is 18.5. The Balaban J connectivity index is 1.61. The number of nitrogens with zero attached hydrogens (tertiary/aromatic N) is 2. The zero-order chi connectivity index (χ0) is 23.8. The van der Waals surface area contributed by atoms with Gasteiger partial charge in [-0.25, -0.2) is 21.1 Å². The van der Waals surface area contributed by atoms with Crippen LogP contribution in [0.5, 0.6) is 0 Å². The molecular weight excluding hydrogens is 478 g/mol. The Hall–Kier alpha value is -2.40. The highest BCUT2D eigenvalue weighted by atomic mass is 32.3. The molecule has 10 heteroatoms. The summed E-state index contributed by atoms with van der Waals surface area (Å²) in [5, 5.41) is 0. The van der Waals surface area contributed by atoms with E-state index in [2.05, 4.69) is 21.8 Å². The Kier molecular flexibility index (Phi) is 6.54. The van der Waals surface area contributed by atoms with Gasteiger partial charge < -0.3 is 4.90 Å². The Bertz CT molecular complexity index is 1350. The molecule has 2 aromatic carbocycles. The Morgan fingerprint density at radius 2 is 1.64 bits per heavy atom. The molecule has 0 spiro atoms. The molecule has 1 aromatic heterocycles. The first-order valence-corrected chi connectivity index (χ1v) is 14.3. The van der Waals surface area contributed by atoms with Crippen LogP contribution >= 0.6 is 11.3 Å². The molecule has 0 bridgehead atoms. The van der Waals surface area contributed by atoms with Crippen LogP contribution in [0.3, 0.4) is 0 Å². The maximum absolute atomic E-state index is 13.1. The van der Waals surface area contributed by atoms with Crippen molar-refractivity contribution in [3.63, 3.8) is 0 Å². The van der Waals surface area contributed by atoms with Gasteiger partial charge in [0.25, 0.3) is 20.0 Å². The largest absolute Gasteiger partial charge is 0.369 e. The third-order valence-corrected chi connectivity index (χ3v) is 11.0. The van der Waals surface area contributed by atoms with Crippen molar-refractivity contribution in [1.29, 1.82) is 0 Å². The van der Waals surface area contributed by atoms with Crippen LogP contribution in [0.15, 0.2) is 69.1 Å². The minimum absolute atomic E-state index is 0.0115. The molecule has 0 aliphatic carbocycles. The molecule has 2 heterocycles. The van der Waals surface area contributed by atoms with Gasteiger partial charge in [0.2, 0.25) is 0 Å². The number of hydrogen-bond donors (Lipinski definition) is 1. The molecule has 4 rings (SSSR count). The molecule has 7 nitrogen and oxygen atoms in total. The predicted molar refractivity (Wildman–Crippen MR) is 133 cm³/mol. The summed E-state index contributed by atoms with van der Waals surface area (Å²) in [6.07, 6.45) is 0.987. The van der Waals surface area contributed by atoms with Crippen LogP contribution in [0.2, 0.25) is 0 Å². The maximum Gasteiger partial charge on any atom is 0.271 e. The number of hydrogen-bond acceptors (Lipinski definition) is 6. The van der Waals surface area contributed by atoms with Crippen molar-refractivity contribution in [1.82, 2.24) is 4.31 Å². The second-order valence-corrected chi connectivity index (χ2v) is 13.7. The van der Waals surface area contributed by atoms with E-state index < -0.39 is 20.0 Å². The number of para-hydroxylation sites is 1. The van der Waals surface area contributed by atoms with Crippen molar-refractivity contribution in [2.45, 2.75) is 27.7 Å². The third-order valence-electron chi connectivity index (χ3n) is 5.81. The van der Waals surface area contributed by atoms with E-state index in [0.29, 0.717) is 11.6 Å². The molecule has 1 N–H and O–H groups in total. The Labute approximate surface area is 199 Å². The average Bonchev–Trinajstić information content (AvgIpc) is 3.45. The van der Waals surface area contributed by atoms with Crippen LogP contribution in [-0.2, 0) is 20.0 Å². The Morgan fingerprint density at radius 1 is 0.939 bits per heavy atom. The predicted octanol–water partition coefficient (Wildman–Crippen LogP) is 4.10. The monoisotopic (exact) mass is 505 g/mol. The zero-order valence-electron chi connectivity index (χ0n) is 18.7. The summed E-state index contributed by atoms with van der Waals surface area (Å²) in [4.78, 5) is 2.22. The quantitative estimate of drug-likeness (QED) is 0.522. The summed E-state index contributed by atoms with van der Waals surface area (Å²) in [5.41, 5.74) is 3.61. The first-order chi connectivity index (χ1) is 15.6. The highest BCUT2D eigenvalue weighted by Crippen LogP contribution is 2.38. The fourth-order valence-electron chi connectivity index (χ4n) is 4.08. The van der Waals surface area contributed by atoms with Gasteiger partial charge in [0, 0.05) is 33.1 Å². The summed E-state index contributed by atoms with van der Waals surface area (Å²) >= 11 is 0.741. The number of rotatable bonds is 7. The van der Waals surface area contributed by atoms with Crippen molar-refractivity contribution in [2.75, 3.05) is 36.8 Å². The molecule has 0 saturated carbocycles. The third kappa shape index (κ3) is 4.79. The minimum Gasteiger partial charge on any atom is -0.369 e. The smallest absolute Gasteiger partial charge is 0.271 e. The molecular formula is C23H27N3O4S3. The number of aryl methyl sites for hydroxylation is 1. The highest BCUT2D eigenvalue weighted by Gasteiger charge is 2.29. The van der Waals surface area contributed by atoms with Crippen molar-refractivity contribution >= 4 is 42.8 Å².